The van der Waals surface area contributed by atoms with Gasteiger partial charge in [-0.05, 0) is 39.6 Å². The standard InChI is InChI=1S/C16H26N2O3/c1-6-17(7-2)13(5)21-16(20)12(4)11-14-9-10-18(8-3)15(14)19/h8,11,13-14H,3,6-7,9-10H2,1-2,4-5H3/b12-11+. The Hall–Kier alpha value is -1.62. The summed E-state index contributed by atoms with van der Waals surface area (Å²) in [5, 5.41) is 0. The van der Waals surface area contributed by atoms with Crippen molar-refractivity contribution in [3.05, 3.63) is 24.4 Å². The van der Waals surface area contributed by atoms with E-state index in [1.807, 2.05) is 25.7 Å². The maximum Gasteiger partial charge on any atom is 0.334 e. The van der Waals surface area contributed by atoms with E-state index < -0.39 is 0 Å². The van der Waals surface area contributed by atoms with E-state index in [2.05, 4.69) is 6.58 Å². The normalized spacial score (nSPS) is 20.8. The predicted octanol–water partition coefficient (Wildman–Crippen LogP) is 2.16. The molecule has 1 heterocycles. The highest BCUT2D eigenvalue weighted by atomic mass is 16.6. The van der Waals surface area contributed by atoms with Crippen molar-refractivity contribution in [1.29, 1.82) is 0 Å². The minimum absolute atomic E-state index is 0.00561. The molecule has 1 rings (SSSR count). The monoisotopic (exact) mass is 294 g/mol. The molecule has 0 bridgehead atoms. The first-order chi connectivity index (χ1) is 9.94. The lowest BCUT2D eigenvalue weighted by molar-refractivity contribution is -0.152. The summed E-state index contributed by atoms with van der Waals surface area (Å²) in [4.78, 5) is 27.7. The Balaban J connectivity index is 2.64. The fourth-order valence-corrected chi connectivity index (χ4v) is 2.49. The van der Waals surface area contributed by atoms with E-state index in [1.165, 1.54) is 6.20 Å². The average molecular weight is 294 g/mol. The van der Waals surface area contributed by atoms with Crippen LogP contribution in [0.5, 0.6) is 0 Å². The Labute approximate surface area is 127 Å². The van der Waals surface area contributed by atoms with Gasteiger partial charge in [-0.2, -0.15) is 0 Å². The van der Waals surface area contributed by atoms with Gasteiger partial charge in [0, 0.05) is 12.1 Å². The number of esters is 1. The number of nitrogens with zero attached hydrogens (tertiary/aromatic N) is 2. The average Bonchev–Trinajstić information content (AvgIpc) is 2.80. The van der Waals surface area contributed by atoms with E-state index >= 15 is 0 Å². The Morgan fingerprint density at radius 3 is 2.62 bits per heavy atom. The third-order valence-corrected chi connectivity index (χ3v) is 3.88. The van der Waals surface area contributed by atoms with Crippen molar-refractivity contribution < 1.29 is 14.3 Å². The van der Waals surface area contributed by atoms with Gasteiger partial charge in [0.05, 0.1) is 5.92 Å². The lowest BCUT2D eigenvalue weighted by Gasteiger charge is -2.26. The number of ether oxygens (including phenoxy) is 1. The van der Waals surface area contributed by atoms with Gasteiger partial charge in [0.1, 0.15) is 0 Å². The molecular weight excluding hydrogens is 268 g/mol. The molecule has 0 aromatic rings. The van der Waals surface area contributed by atoms with Crippen molar-refractivity contribution >= 4 is 11.9 Å². The molecule has 2 atom stereocenters. The van der Waals surface area contributed by atoms with E-state index in [9.17, 15) is 9.59 Å². The van der Waals surface area contributed by atoms with E-state index in [1.54, 1.807) is 17.9 Å². The van der Waals surface area contributed by atoms with Gasteiger partial charge in [-0.25, -0.2) is 4.79 Å². The van der Waals surface area contributed by atoms with Gasteiger partial charge in [-0.3, -0.25) is 9.69 Å². The topological polar surface area (TPSA) is 49.9 Å². The van der Waals surface area contributed by atoms with Crippen LogP contribution in [0, 0.1) is 5.92 Å². The SMILES string of the molecule is C=CN1CCC(/C=C(\C)C(=O)OC(C)N(CC)CC)C1=O. The summed E-state index contributed by atoms with van der Waals surface area (Å²) < 4.78 is 5.43. The molecule has 1 aliphatic heterocycles. The van der Waals surface area contributed by atoms with E-state index in [-0.39, 0.29) is 24.0 Å². The molecule has 0 aliphatic carbocycles. The fraction of sp³-hybridized carbons (Fsp3) is 0.625. The summed E-state index contributed by atoms with van der Waals surface area (Å²) in [6, 6.07) is 0. The zero-order chi connectivity index (χ0) is 16.0. The Morgan fingerprint density at radius 1 is 1.52 bits per heavy atom. The Morgan fingerprint density at radius 2 is 2.14 bits per heavy atom. The second-order valence-corrected chi connectivity index (χ2v) is 5.18. The highest BCUT2D eigenvalue weighted by Crippen LogP contribution is 2.21. The molecule has 21 heavy (non-hydrogen) atoms. The van der Waals surface area contributed by atoms with Crippen LogP contribution in [0.2, 0.25) is 0 Å². The lowest BCUT2D eigenvalue weighted by Crippen LogP contribution is -2.36. The maximum atomic E-state index is 12.1. The molecule has 118 valence electrons. The van der Waals surface area contributed by atoms with Crippen molar-refractivity contribution in [3.8, 4) is 0 Å². The first-order valence-electron chi connectivity index (χ1n) is 7.51. The van der Waals surface area contributed by atoms with Crippen LogP contribution >= 0.6 is 0 Å². The number of hydrogen-bond donors (Lipinski definition) is 0. The molecule has 1 saturated heterocycles. The van der Waals surface area contributed by atoms with Crippen LogP contribution in [-0.4, -0.2) is 47.5 Å². The maximum absolute atomic E-state index is 12.1. The zero-order valence-electron chi connectivity index (χ0n) is 13.5. The molecule has 1 aliphatic rings. The summed E-state index contributed by atoms with van der Waals surface area (Å²) in [7, 11) is 0. The number of likely N-dealkylation sites (tertiary alicyclic amines) is 1. The predicted molar refractivity (Wildman–Crippen MR) is 82.2 cm³/mol. The summed E-state index contributed by atoms with van der Waals surface area (Å²) in [5.41, 5.74) is 0.485. The Bertz CT molecular complexity index is 427. The molecular formula is C16H26N2O3. The van der Waals surface area contributed by atoms with Crippen LogP contribution in [0.15, 0.2) is 24.4 Å². The van der Waals surface area contributed by atoms with E-state index in [0.717, 1.165) is 13.1 Å². The number of carbonyl (C=O) groups is 2. The minimum atomic E-state index is -0.362. The molecule has 0 N–H and O–H groups in total. The first-order valence-corrected chi connectivity index (χ1v) is 7.51. The van der Waals surface area contributed by atoms with Gasteiger partial charge in [-0.15, -0.1) is 0 Å². The van der Waals surface area contributed by atoms with Gasteiger partial charge in [-0.1, -0.05) is 26.5 Å². The van der Waals surface area contributed by atoms with Crippen molar-refractivity contribution in [2.45, 2.75) is 40.3 Å². The molecule has 5 heteroatoms. The molecule has 0 aromatic carbocycles. The highest BCUT2D eigenvalue weighted by molar-refractivity contribution is 5.90. The van der Waals surface area contributed by atoms with Crippen molar-refractivity contribution in [1.82, 2.24) is 9.80 Å². The van der Waals surface area contributed by atoms with Gasteiger partial charge >= 0.3 is 5.97 Å². The quantitative estimate of drug-likeness (QED) is 0.410. The summed E-state index contributed by atoms with van der Waals surface area (Å²) in [6.45, 7) is 13.5. The number of carbonyl (C=O) groups excluding carboxylic acids is 2. The molecule has 1 fully saturated rings. The van der Waals surface area contributed by atoms with Crippen LogP contribution in [0.25, 0.3) is 0 Å². The summed E-state index contributed by atoms with van der Waals surface area (Å²) in [6.07, 6.45) is 3.69. The molecule has 0 spiro atoms. The largest absolute Gasteiger partial charge is 0.443 e. The molecule has 2 unspecified atom stereocenters. The van der Waals surface area contributed by atoms with Gasteiger partial charge in [0.2, 0.25) is 5.91 Å². The van der Waals surface area contributed by atoms with Crippen molar-refractivity contribution in [3.63, 3.8) is 0 Å². The molecule has 1 amide bonds. The summed E-state index contributed by atoms with van der Waals surface area (Å²) >= 11 is 0. The van der Waals surface area contributed by atoms with Crippen molar-refractivity contribution in [2.75, 3.05) is 19.6 Å². The summed E-state index contributed by atoms with van der Waals surface area (Å²) in [5.74, 6) is -0.618. The van der Waals surface area contributed by atoms with Crippen molar-refractivity contribution in [2.24, 2.45) is 5.92 Å². The molecule has 5 nitrogen and oxygen atoms in total. The van der Waals surface area contributed by atoms with Crippen LogP contribution < -0.4 is 0 Å². The minimum Gasteiger partial charge on any atom is -0.443 e. The number of amides is 1. The number of hydrogen-bond acceptors (Lipinski definition) is 4. The van der Waals surface area contributed by atoms with Crippen LogP contribution in [0.1, 0.15) is 34.1 Å². The Kier molecular flexibility index (Phi) is 6.62. The van der Waals surface area contributed by atoms with Gasteiger partial charge in [0.25, 0.3) is 0 Å². The van der Waals surface area contributed by atoms with E-state index in [4.69, 9.17) is 4.74 Å². The second-order valence-electron chi connectivity index (χ2n) is 5.18. The molecule has 0 aromatic heterocycles. The third-order valence-electron chi connectivity index (χ3n) is 3.88. The van der Waals surface area contributed by atoms with Crippen LogP contribution in [-0.2, 0) is 14.3 Å². The second kappa shape index (κ2) is 7.98. The first kappa shape index (κ1) is 17.4. The zero-order valence-corrected chi connectivity index (χ0v) is 13.5. The lowest BCUT2D eigenvalue weighted by atomic mass is 10.1. The van der Waals surface area contributed by atoms with Gasteiger partial charge < -0.3 is 9.64 Å². The van der Waals surface area contributed by atoms with Crippen LogP contribution in [0.3, 0.4) is 0 Å². The van der Waals surface area contributed by atoms with Gasteiger partial charge in [0.15, 0.2) is 6.23 Å². The third kappa shape index (κ3) is 4.43. The molecule has 0 saturated carbocycles. The smallest absolute Gasteiger partial charge is 0.334 e. The number of rotatable bonds is 7. The van der Waals surface area contributed by atoms with E-state index in [0.29, 0.717) is 18.5 Å². The molecule has 0 radical (unpaired) electrons. The highest BCUT2D eigenvalue weighted by Gasteiger charge is 2.29. The fourth-order valence-electron chi connectivity index (χ4n) is 2.49. The van der Waals surface area contributed by atoms with Crippen LogP contribution in [0.4, 0.5) is 0 Å².